The van der Waals surface area contributed by atoms with Gasteiger partial charge in [0, 0.05) is 23.6 Å². The van der Waals surface area contributed by atoms with Gasteiger partial charge in [-0.25, -0.2) is 0 Å². The number of hydrogen-bond donors (Lipinski definition) is 0. The van der Waals surface area contributed by atoms with Crippen molar-refractivity contribution in [2.24, 2.45) is 0 Å². The molecule has 0 spiro atoms. The minimum Gasteiger partial charge on any atom is -0.355 e. The van der Waals surface area contributed by atoms with Crippen molar-refractivity contribution < 1.29 is 24.0 Å². The summed E-state index contributed by atoms with van der Waals surface area (Å²) in [7, 11) is 0. The van der Waals surface area contributed by atoms with Crippen LogP contribution in [0.3, 0.4) is 0 Å². The van der Waals surface area contributed by atoms with Gasteiger partial charge in [0.2, 0.25) is 0 Å². The molecular formula is C20H17N3O6S2. The van der Waals surface area contributed by atoms with Crippen molar-refractivity contribution in [1.29, 1.82) is 0 Å². The maximum absolute atomic E-state index is 12.7. The van der Waals surface area contributed by atoms with Gasteiger partial charge in [-0.05, 0) is 23.4 Å². The highest BCUT2D eigenvalue weighted by Gasteiger charge is 2.40. The molecule has 0 aromatic heterocycles. The summed E-state index contributed by atoms with van der Waals surface area (Å²) in [6.07, 6.45) is 0. The van der Waals surface area contributed by atoms with Crippen molar-refractivity contribution in [2.75, 3.05) is 19.0 Å². The van der Waals surface area contributed by atoms with E-state index in [1.165, 1.54) is 28.8 Å². The Morgan fingerprint density at radius 2 is 1.90 bits per heavy atom. The van der Waals surface area contributed by atoms with Crippen LogP contribution in [-0.2, 0) is 16.1 Å². The topological polar surface area (TPSA) is 110 Å². The lowest BCUT2D eigenvalue weighted by atomic mass is 10.1. The van der Waals surface area contributed by atoms with Gasteiger partial charge in [0.15, 0.2) is 5.44 Å². The zero-order valence-electron chi connectivity index (χ0n) is 16.1. The molecule has 1 unspecified atom stereocenters. The summed E-state index contributed by atoms with van der Waals surface area (Å²) >= 11 is 2.21. The number of carbonyl (C=O) groups excluding carboxylic acids is 3. The lowest BCUT2D eigenvalue weighted by Gasteiger charge is -2.28. The van der Waals surface area contributed by atoms with Crippen molar-refractivity contribution in [1.82, 2.24) is 9.80 Å². The van der Waals surface area contributed by atoms with Gasteiger partial charge in [-0.3, -0.25) is 29.4 Å². The Kier molecular flexibility index (Phi) is 6.25. The van der Waals surface area contributed by atoms with Crippen LogP contribution in [0.2, 0.25) is 0 Å². The second kappa shape index (κ2) is 9.08. The van der Waals surface area contributed by atoms with Crippen molar-refractivity contribution in [3.63, 3.8) is 0 Å². The molecule has 11 heteroatoms. The number of fused-ring (bicyclic) bond motifs is 1. The fraction of sp³-hybridized carbons (Fsp3) is 0.250. The lowest BCUT2D eigenvalue weighted by Crippen LogP contribution is -2.38. The van der Waals surface area contributed by atoms with Gasteiger partial charge in [0.1, 0.15) is 0 Å². The molecule has 9 nitrogen and oxygen atoms in total. The number of carbonyl (C=O) groups is 3. The van der Waals surface area contributed by atoms with E-state index in [0.29, 0.717) is 10.8 Å². The highest BCUT2D eigenvalue weighted by Crippen LogP contribution is 2.33. The molecule has 3 amide bonds. The molecule has 160 valence electrons. The summed E-state index contributed by atoms with van der Waals surface area (Å²) in [5, 5.41) is 10.6. The van der Waals surface area contributed by atoms with Crippen LogP contribution >= 0.6 is 23.5 Å². The van der Waals surface area contributed by atoms with Crippen LogP contribution in [0.25, 0.3) is 0 Å². The Morgan fingerprint density at radius 3 is 2.65 bits per heavy atom. The van der Waals surface area contributed by atoms with Gasteiger partial charge in [-0.2, -0.15) is 0 Å². The molecule has 1 atom stereocenters. The Hall–Kier alpha value is -2.89. The number of thioether (sulfide) groups is 2. The molecule has 2 aliphatic heterocycles. The predicted octanol–water partition coefficient (Wildman–Crippen LogP) is 3.34. The first-order valence-corrected chi connectivity index (χ1v) is 11.2. The van der Waals surface area contributed by atoms with Crippen LogP contribution in [0, 0.1) is 10.1 Å². The molecule has 0 saturated carbocycles. The third-order valence-corrected chi connectivity index (χ3v) is 6.86. The average Bonchev–Trinajstić information content (AvgIpc) is 3.03. The van der Waals surface area contributed by atoms with Gasteiger partial charge >= 0.3 is 0 Å². The van der Waals surface area contributed by atoms with Crippen molar-refractivity contribution in [3.8, 4) is 0 Å². The zero-order valence-corrected chi connectivity index (χ0v) is 17.8. The molecule has 0 radical (unpaired) electrons. The molecule has 31 heavy (non-hydrogen) atoms. The fourth-order valence-corrected chi connectivity index (χ4v) is 5.04. The van der Waals surface area contributed by atoms with Gasteiger partial charge < -0.3 is 9.64 Å². The highest BCUT2D eigenvalue weighted by molar-refractivity contribution is 8.15. The summed E-state index contributed by atoms with van der Waals surface area (Å²) in [5.74, 6) is -0.370. The van der Waals surface area contributed by atoms with E-state index in [9.17, 15) is 24.5 Å². The minimum absolute atomic E-state index is 0.0619. The Morgan fingerprint density at radius 1 is 1.13 bits per heavy atom. The normalized spacial score (nSPS) is 18.5. The number of benzene rings is 2. The molecule has 4 rings (SSSR count). The van der Waals surface area contributed by atoms with Gasteiger partial charge in [-0.1, -0.05) is 30.3 Å². The quantitative estimate of drug-likeness (QED) is 0.458. The standard InChI is InChI=1S/C20H17N3O6S2/c24-17-15-10-14(23(27)28)6-7-16(15)30-12-21(17)8-9-29-19-18(25)22(20(26)31-19)11-13-4-2-1-3-5-13/h1-7,10,19H,8-9,11-12H2. The van der Waals surface area contributed by atoms with E-state index in [2.05, 4.69) is 0 Å². The third-order valence-electron chi connectivity index (χ3n) is 4.78. The largest absolute Gasteiger partial charge is 0.355 e. The molecule has 0 bridgehead atoms. The smallest absolute Gasteiger partial charge is 0.291 e. The Labute approximate surface area is 185 Å². The van der Waals surface area contributed by atoms with Crippen LogP contribution in [0.15, 0.2) is 53.4 Å². The maximum atomic E-state index is 12.7. The number of hydrogen-bond acceptors (Lipinski definition) is 8. The van der Waals surface area contributed by atoms with E-state index in [1.54, 1.807) is 6.07 Å². The van der Waals surface area contributed by atoms with E-state index < -0.39 is 16.3 Å². The molecule has 1 fully saturated rings. The fourth-order valence-electron chi connectivity index (χ4n) is 3.17. The van der Waals surface area contributed by atoms with E-state index >= 15 is 0 Å². The number of amides is 3. The van der Waals surface area contributed by atoms with Crippen LogP contribution in [0.4, 0.5) is 10.5 Å². The molecular weight excluding hydrogens is 442 g/mol. The first-order valence-electron chi connectivity index (χ1n) is 9.32. The van der Waals surface area contributed by atoms with E-state index in [-0.39, 0.29) is 42.1 Å². The van der Waals surface area contributed by atoms with E-state index in [1.807, 2.05) is 30.3 Å². The number of ether oxygens (including phenoxy) is 1. The number of nitro groups is 1. The van der Waals surface area contributed by atoms with Crippen LogP contribution < -0.4 is 0 Å². The number of non-ortho nitro benzene ring substituents is 1. The first-order chi connectivity index (χ1) is 14.9. The molecule has 2 aromatic carbocycles. The van der Waals surface area contributed by atoms with Crippen LogP contribution in [-0.4, -0.2) is 56.2 Å². The Balaban J connectivity index is 1.33. The lowest BCUT2D eigenvalue weighted by molar-refractivity contribution is -0.384. The van der Waals surface area contributed by atoms with Crippen LogP contribution in [0.1, 0.15) is 15.9 Å². The van der Waals surface area contributed by atoms with Gasteiger partial charge in [0.25, 0.3) is 22.7 Å². The molecule has 1 saturated heterocycles. The summed E-state index contributed by atoms with van der Waals surface area (Å²) in [5.41, 5.74) is 0.0306. The molecule has 0 aliphatic carbocycles. The summed E-state index contributed by atoms with van der Waals surface area (Å²) in [4.78, 5) is 51.2. The number of nitrogens with zero attached hydrogens (tertiary/aromatic N) is 3. The van der Waals surface area contributed by atoms with Crippen LogP contribution in [0.5, 0.6) is 0 Å². The average molecular weight is 460 g/mol. The van der Waals surface area contributed by atoms with Gasteiger partial charge in [0.05, 0.1) is 29.5 Å². The number of rotatable bonds is 7. The van der Waals surface area contributed by atoms with Crippen molar-refractivity contribution >= 4 is 46.3 Å². The predicted molar refractivity (Wildman–Crippen MR) is 115 cm³/mol. The SMILES string of the molecule is O=C1c2cc([N+](=O)[O-])ccc2SCN1CCOC1SC(=O)N(Cc2ccccc2)C1=O. The van der Waals surface area contributed by atoms with Crippen molar-refractivity contribution in [3.05, 3.63) is 69.8 Å². The molecule has 2 aliphatic rings. The van der Waals surface area contributed by atoms with E-state index in [4.69, 9.17) is 4.74 Å². The first kappa shape index (κ1) is 21.3. The molecule has 0 N–H and O–H groups in total. The number of nitro benzene ring substituents is 1. The zero-order chi connectivity index (χ0) is 22.0. The summed E-state index contributed by atoms with van der Waals surface area (Å²) in [6, 6.07) is 13.4. The molecule has 2 aromatic rings. The Bertz CT molecular complexity index is 1050. The molecule has 2 heterocycles. The van der Waals surface area contributed by atoms with E-state index in [0.717, 1.165) is 22.2 Å². The third kappa shape index (κ3) is 4.58. The van der Waals surface area contributed by atoms with Gasteiger partial charge in [-0.15, -0.1) is 11.8 Å². The highest BCUT2D eigenvalue weighted by atomic mass is 32.2. The monoisotopic (exact) mass is 459 g/mol. The summed E-state index contributed by atoms with van der Waals surface area (Å²) in [6.45, 7) is 0.444. The minimum atomic E-state index is -0.947. The maximum Gasteiger partial charge on any atom is 0.291 e. The van der Waals surface area contributed by atoms with Crippen molar-refractivity contribution in [2.45, 2.75) is 16.9 Å². The second-order valence-corrected chi connectivity index (χ2v) is 8.78. The summed E-state index contributed by atoms with van der Waals surface area (Å²) < 4.78 is 5.59. The number of imide groups is 1. The second-order valence-electron chi connectivity index (χ2n) is 6.78.